The smallest absolute Gasteiger partial charge is 0.422 e. The molecule has 1 aromatic heterocycles. The molecule has 0 unspecified atom stereocenters. The Balaban J connectivity index is 1.85. The molecular formula is C14H12F3NOS. The molecule has 20 heavy (non-hydrogen) atoms. The van der Waals surface area contributed by atoms with Crippen molar-refractivity contribution >= 4 is 11.8 Å². The van der Waals surface area contributed by atoms with Gasteiger partial charge in [0.1, 0.15) is 5.75 Å². The molecule has 0 atom stereocenters. The van der Waals surface area contributed by atoms with E-state index in [0.717, 1.165) is 10.6 Å². The number of hydrogen-bond donors (Lipinski definition) is 0. The summed E-state index contributed by atoms with van der Waals surface area (Å²) in [4.78, 5) is 4.18. The Labute approximate surface area is 119 Å². The van der Waals surface area contributed by atoms with Crippen LogP contribution < -0.4 is 4.74 Å². The zero-order valence-electron chi connectivity index (χ0n) is 10.4. The molecule has 0 aliphatic carbocycles. The number of nitrogens with zero attached hydrogens (tertiary/aromatic N) is 1. The Kier molecular flexibility index (Phi) is 4.89. The Morgan fingerprint density at radius 2 is 1.80 bits per heavy atom. The number of halogens is 3. The van der Waals surface area contributed by atoms with Gasteiger partial charge in [0.25, 0.3) is 0 Å². The van der Waals surface area contributed by atoms with Crippen LogP contribution >= 0.6 is 11.8 Å². The van der Waals surface area contributed by atoms with E-state index in [1.54, 1.807) is 42.2 Å². The van der Waals surface area contributed by atoms with Crippen molar-refractivity contribution in [3.05, 3.63) is 54.2 Å². The van der Waals surface area contributed by atoms with Crippen molar-refractivity contribution in [2.75, 3.05) is 6.61 Å². The molecule has 2 nitrogen and oxygen atoms in total. The normalized spacial score (nSPS) is 11.3. The lowest BCUT2D eigenvalue weighted by Gasteiger charge is -2.09. The predicted molar refractivity (Wildman–Crippen MR) is 71.8 cm³/mol. The summed E-state index contributed by atoms with van der Waals surface area (Å²) in [5.74, 6) is 0.922. The molecule has 2 rings (SSSR count). The van der Waals surface area contributed by atoms with E-state index in [2.05, 4.69) is 9.72 Å². The minimum atomic E-state index is -4.31. The number of thioether (sulfide) groups is 1. The Morgan fingerprint density at radius 1 is 1.05 bits per heavy atom. The number of rotatable bonds is 5. The molecule has 0 spiro atoms. The highest BCUT2D eigenvalue weighted by molar-refractivity contribution is 7.98. The Bertz CT molecular complexity index is 528. The molecule has 2 aromatic rings. The van der Waals surface area contributed by atoms with Crippen molar-refractivity contribution < 1.29 is 17.9 Å². The molecule has 0 saturated carbocycles. The largest absolute Gasteiger partial charge is 0.484 e. The van der Waals surface area contributed by atoms with Crippen molar-refractivity contribution in [3.63, 3.8) is 0 Å². The summed E-state index contributed by atoms with van der Waals surface area (Å²) in [5.41, 5.74) is 1.00. The molecule has 1 heterocycles. The van der Waals surface area contributed by atoms with Gasteiger partial charge in [0.05, 0.1) is 5.03 Å². The van der Waals surface area contributed by atoms with E-state index in [1.807, 2.05) is 18.2 Å². The molecule has 0 amide bonds. The number of benzene rings is 1. The van der Waals surface area contributed by atoms with Gasteiger partial charge in [0.15, 0.2) is 6.61 Å². The van der Waals surface area contributed by atoms with Crippen molar-refractivity contribution in [1.29, 1.82) is 0 Å². The molecule has 1 aromatic carbocycles. The molecule has 6 heteroatoms. The van der Waals surface area contributed by atoms with Gasteiger partial charge in [-0.2, -0.15) is 13.2 Å². The van der Waals surface area contributed by atoms with Gasteiger partial charge in [0.2, 0.25) is 0 Å². The lowest BCUT2D eigenvalue weighted by molar-refractivity contribution is -0.153. The topological polar surface area (TPSA) is 22.1 Å². The zero-order valence-corrected chi connectivity index (χ0v) is 11.2. The molecule has 0 saturated heterocycles. The summed E-state index contributed by atoms with van der Waals surface area (Å²) < 4.78 is 40.6. The average molecular weight is 299 g/mol. The second-order valence-electron chi connectivity index (χ2n) is 4.00. The molecule has 0 radical (unpaired) electrons. The lowest BCUT2D eigenvalue weighted by atomic mass is 10.2. The van der Waals surface area contributed by atoms with Crippen LogP contribution in [-0.4, -0.2) is 17.8 Å². The van der Waals surface area contributed by atoms with Gasteiger partial charge >= 0.3 is 6.18 Å². The maximum atomic E-state index is 12.0. The molecule has 0 N–H and O–H groups in total. The number of pyridine rings is 1. The van der Waals surface area contributed by atoms with Crippen LogP contribution in [0.2, 0.25) is 0 Å². The first-order chi connectivity index (χ1) is 9.53. The molecule has 106 valence electrons. The Morgan fingerprint density at radius 3 is 2.40 bits per heavy atom. The highest BCUT2D eigenvalue weighted by Crippen LogP contribution is 2.23. The monoisotopic (exact) mass is 299 g/mol. The number of hydrogen-bond acceptors (Lipinski definition) is 3. The Hall–Kier alpha value is -1.69. The molecular weight excluding hydrogens is 287 g/mol. The molecule has 0 fully saturated rings. The average Bonchev–Trinajstić information content (AvgIpc) is 2.44. The first kappa shape index (κ1) is 14.7. The summed E-state index contributed by atoms with van der Waals surface area (Å²) in [6, 6.07) is 12.2. The lowest BCUT2D eigenvalue weighted by Crippen LogP contribution is -2.19. The van der Waals surface area contributed by atoms with Gasteiger partial charge in [0, 0.05) is 11.9 Å². The van der Waals surface area contributed by atoms with E-state index in [1.165, 1.54) is 0 Å². The second kappa shape index (κ2) is 6.65. The fourth-order valence-corrected chi connectivity index (χ4v) is 2.25. The summed E-state index contributed by atoms with van der Waals surface area (Å²) in [6.07, 6.45) is -2.59. The van der Waals surface area contributed by atoms with Crippen molar-refractivity contribution in [1.82, 2.24) is 4.98 Å². The minimum Gasteiger partial charge on any atom is -0.484 e. The predicted octanol–water partition coefficient (Wildman–Crippen LogP) is 4.32. The van der Waals surface area contributed by atoms with Crippen LogP contribution in [0.4, 0.5) is 13.2 Å². The van der Waals surface area contributed by atoms with Crippen LogP contribution in [-0.2, 0) is 5.75 Å². The summed E-state index contributed by atoms with van der Waals surface area (Å²) in [7, 11) is 0. The third kappa shape index (κ3) is 5.13. The van der Waals surface area contributed by atoms with Crippen LogP contribution in [0.25, 0.3) is 0 Å². The highest BCUT2D eigenvalue weighted by Gasteiger charge is 2.28. The maximum Gasteiger partial charge on any atom is 0.422 e. The van der Waals surface area contributed by atoms with Gasteiger partial charge in [-0.3, -0.25) is 0 Å². The highest BCUT2D eigenvalue weighted by atomic mass is 32.2. The van der Waals surface area contributed by atoms with E-state index in [-0.39, 0.29) is 5.75 Å². The van der Waals surface area contributed by atoms with Crippen LogP contribution in [0.3, 0.4) is 0 Å². The zero-order chi connectivity index (χ0) is 14.4. The third-order valence-electron chi connectivity index (χ3n) is 2.35. The number of alkyl halides is 3. The van der Waals surface area contributed by atoms with Crippen molar-refractivity contribution in [2.24, 2.45) is 0 Å². The van der Waals surface area contributed by atoms with Crippen LogP contribution in [0.15, 0.2) is 53.7 Å². The van der Waals surface area contributed by atoms with Crippen molar-refractivity contribution in [2.45, 2.75) is 17.0 Å². The number of ether oxygens (including phenoxy) is 1. The first-order valence-corrected chi connectivity index (χ1v) is 6.84. The van der Waals surface area contributed by atoms with Gasteiger partial charge in [-0.05, 0) is 29.8 Å². The molecule has 0 aliphatic rings. The summed E-state index contributed by atoms with van der Waals surface area (Å²) in [6.45, 7) is -1.27. The van der Waals surface area contributed by atoms with E-state index < -0.39 is 12.8 Å². The minimum absolute atomic E-state index is 0.217. The van der Waals surface area contributed by atoms with Crippen LogP contribution in [0.5, 0.6) is 5.75 Å². The van der Waals surface area contributed by atoms with E-state index >= 15 is 0 Å². The summed E-state index contributed by atoms with van der Waals surface area (Å²) >= 11 is 1.57. The fourth-order valence-electron chi connectivity index (χ4n) is 1.44. The second-order valence-corrected chi connectivity index (χ2v) is 5.00. The van der Waals surface area contributed by atoms with E-state index in [9.17, 15) is 13.2 Å². The van der Waals surface area contributed by atoms with E-state index in [4.69, 9.17) is 0 Å². The van der Waals surface area contributed by atoms with Crippen molar-refractivity contribution in [3.8, 4) is 5.75 Å². The molecule has 0 bridgehead atoms. The first-order valence-electron chi connectivity index (χ1n) is 5.85. The van der Waals surface area contributed by atoms with Crippen LogP contribution in [0.1, 0.15) is 5.56 Å². The standard InChI is InChI=1S/C14H12F3NOS/c15-14(16,17)10-19-12-6-4-11(5-7-12)9-20-13-3-1-2-8-18-13/h1-8H,9-10H2. The van der Waals surface area contributed by atoms with E-state index in [0.29, 0.717) is 5.75 Å². The SMILES string of the molecule is FC(F)(F)COc1ccc(CSc2ccccn2)cc1. The quantitative estimate of drug-likeness (QED) is 0.768. The van der Waals surface area contributed by atoms with Gasteiger partial charge in [-0.15, -0.1) is 11.8 Å². The molecule has 0 aliphatic heterocycles. The van der Waals surface area contributed by atoms with Gasteiger partial charge in [-0.1, -0.05) is 18.2 Å². The third-order valence-corrected chi connectivity index (χ3v) is 3.37. The summed E-state index contributed by atoms with van der Waals surface area (Å²) in [5, 5.41) is 0.907. The number of aromatic nitrogens is 1. The fraction of sp³-hybridized carbons (Fsp3) is 0.214. The van der Waals surface area contributed by atoms with Crippen LogP contribution in [0, 0.1) is 0 Å². The van der Waals surface area contributed by atoms with Gasteiger partial charge in [-0.25, -0.2) is 4.98 Å². The van der Waals surface area contributed by atoms with Gasteiger partial charge < -0.3 is 4.74 Å². The maximum absolute atomic E-state index is 12.0.